The Morgan fingerprint density at radius 3 is 2.40 bits per heavy atom. The van der Waals surface area contributed by atoms with Gasteiger partial charge in [0, 0.05) is 19.7 Å². The highest BCUT2D eigenvalue weighted by Crippen LogP contribution is 2.23. The third-order valence-corrected chi connectivity index (χ3v) is 3.36. The number of nitrogens with one attached hydrogen (secondary N) is 1. The topological polar surface area (TPSA) is 99.1 Å². The Hall–Kier alpha value is -1.69. The molecule has 6 nitrogen and oxygen atoms in total. The summed E-state index contributed by atoms with van der Waals surface area (Å²) in [5, 5.41) is 25.4. The Labute approximate surface area is 120 Å². The molecule has 0 aliphatic carbocycles. The summed E-state index contributed by atoms with van der Waals surface area (Å²) in [6, 6.07) is 0. The Bertz CT molecular complexity index is 461. The third kappa shape index (κ3) is 3.45. The lowest BCUT2D eigenvalue weighted by atomic mass is 10.0. The summed E-state index contributed by atoms with van der Waals surface area (Å²) in [4.78, 5) is 2.01. The second-order valence-electron chi connectivity index (χ2n) is 4.60. The molecule has 0 aliphatic heterocycles. The number of nitrogen functional groups attached to an aromatic ring is 1. The number of rotatable bonds is 8. The van der Waals surface area contributed by atoms with E-state index in [0.29, 0.717) is 24.3 Å². The van der Waals surface area contributed by atoms with Crippen molar-refractivity contribution in [3.8, 4) is 0 Å². The average molecular weight is 279 g/mol. The zero-order chi connectivity index (χ0) is 15.1. The molecule has 4 N–H and O–H groups in total. The van der Waals surface area contributed by atoms with Gasteiger partial charge in [0.1, 0.15) is 5.84 Å². The molecule has 0 aromatic carbocycles. The standard InChI is InChI=1S/C14H25N5O/c1-4-10-11(5-2)17-18-14(12(10)13(15)16)19(6-3)8-7-9-20/h20H,4-9H2,1-3H3,(H3,15,16). The van der Waals surface area contributed by atoms with Gasteiger partial charge in [-0.2, -0.15) is 5.10 Å². The van der Waals surface area contributed by atoms with Crippen LogP contribution in [0.3, 0.4) is 0 Å². The molecule has 0 saturated carbocycles. The van der Waals surface area contributed by atoms with Gasteiger partial charge in [-0.3, -0.25) is 5.41 Å². The van der Waals surface area contributed by atoms with Gasteiger partial charge >= 0.3 is 0 Å². The number of aromatic nitrogens is 2. The summed E-state index contributed by atoms with van der Waals surface area (Å²) < 4.78 is 0. The lowest BCUT2D eigenvalue weighted by molar-refractivity contribution is 0.289. The number of aryl methyl sites for hydroxylation is 1. The third-order valence-electron chi connectivity index (χ3n) is 3.36. The van der Waals surface area contributed by atoms with Crippen molar-refractivity contribution in [3.63, 3.8) is 0 Å². The molecule has 0 amide bonds. The summed E-state index contributed by atoms with van der Waals surface area (Å²) in [5.74, 6) is 0.686. The molecule has 0 radical (unpaired) electrons. The van der Waals surface area contributed by atoms with Gasteiger partial charge in [-0.25, -0.2) is 0 Å². The van der Waals surface area contributed by atoms with Crippen LogP contribution >= 0.6 is 0 Å². The van der Waals surface area contributed by atoms with Crippen molar-refractivity contribution in [3.05, 3.63) is 16.8 Å². The quantitative estimate of drug-likeness (QED) is 0.489. The Morgan fingerprint density at radius 2 is 1.95 bits per heavy atom. The van der Waals surface area contributed by atoms with E-state index >= 15 is 0 Å². The van der Waals surface area contributed by atoms with Crippen molar-refractivity contribution >= 4 is 11.7 Å². The number of anilines is 1. The first-order valence-electron chi connectivity index (χ1n) is 7.19. The molecule has 20 heavy (non-hydrogen) atoms. The Balaban J connectivity index is 3.34. The van der Waals surface area contributed by atoms with E-state index in [0.717, 1.165) is 30.6 Å². The van der Waals surface area contributed by atoms with E-state index in [4.69, 9.17) is 16.2 Å². The Kier molecular flexibility index (Phi) is 6.38. The van der Waals surface area contributed by atoms with Gasteiger partial charge in [0.05, 0.1) is 11.3 Å². The first-order chi connectivity index (χ1) is 9.60. The maximum Gasteiger partial charge on any atom is 0.162 e. The molecule has 1 heterocycles. The summed E-state index contributed by atoms with van der Waals surface area (Å²) in [7, 11) is 0. The zero-order valence-corrected chi connectivity index (χ0v) is 12.6. The first-order valence-corrected chi connectivity index (χ1v) is 7.19. The van der Waals surface area contributed by atoms with Gasteiger partial charge in [0.25, 0.3) is 0 Å². The van der Waals surface area contributed by atoms with Crippen LogP contribution in [0, 0.1) is 5.41 Å². The molecule has 0 atom stereocenters. The molecular weight excluding hydrogens is 254 g/mol. The molecule has 112 valence electrons. The van der Waals surface area contributed by atoms with Gasteiger partial charge in [-0.15, -0.1) is 5.10 Å². The molecule has 1 rings (SSSR count). The number of nitrogens with two attached hydrogens (primary N) is 1. The lowest BCUT2D eigenvalue weighted by Crippen LogP contribution is -2.30. The molecule has 0 aliphatic rings. The summed E-state index contributed by atoms with van der Waals surface area (Å²) in [5.41, 5.74) is 8.38. The van der Waals surface area contributed by atoms with E-state index in [1.165, 1.54) is 0 Å². The number of aliphatic hydroxyl groups excluding tert-OH is 1. The van der Waals surface area contributed by atoms with Gasteiger partial charge < -0.3 is 15.7 Å². The van der Waals surface area contributed by atoms with E-state index in [1.54, 1.807) is 0 Å². The smallest absolute Gasteiger partial charge is 0.162 e. The van der Waals surface area contributed by atoms with Gasteiger partial charge in [0.15, 0.2) is 5.82 Å². The highest BCUT2D eigenvalue weighted by atomic mass is 16.3. The summed E-state index contributed by atoms with van der Waals surface area (Å²) >= 11 is 0. The minimum absolute atomic E-state index is 0.0314. The normalized spacial score (nSPS) is 10.6. The minimum atomic E-state index is 0.0314. The molecule has 0 spiro atoms. The predicted octanol–water partition coefficient (Wildman–Crippen LogP) is 1.09. The van der Waals surface area contributed by atoms with E-state index < -0.39 is 0 Å². The average Bonchev–Trinajstić information content (AvgIpc) is 2.46. The number of hydrogen-bond donors (Lipinski definition) is 3. The zero-order valence-electron chi connectivity index (χ0n) is 12.6. The van der Waals surface area contributed by atoms with Crippen molar-refractivity contribution in [2.75, 3.05) is 24.6 Å². The van der Waals surface area contributed by atoms with Crippen molar-refractivity contribution < 1.29 is 5.11 Å². The van der Waals surface area contributed by atoms with Crippen LogP contribution in [-0.4, -0.2) is 40.8 Å². The second kappa shape index (κ2) is 7.79. The molecular formula is C14H25N5O. The Morgan fingerprint density at radius 1 is 1.25 bits per heavy atom. The van der Waals surface area contributed by atoms with Crippen LogP contribution in [0.15, 0.2) is 0 Å². The van der Waals surface area contributed by atoms with Crippen LogP contribution in [0.25, 0.3) is 0 Å². The molecule has 0 fully saturated rings. The second-order valence-corrected chi connectivity index (χ2v) is 4.60. The molecule has 6 heteroatoms. The van der Waals surface area contributed by atoms with Gasteiger partial charge in [-0.1, -0.05) is 13.8 Å². The van der Waals surface area contributed by atoms with Crippen LogP contribution in [0.2, 0.25) is 0 Å². The van der Waals surface area contributed by atoms with Crippen LogP contribution in [0.1, 0.15) is 44.0 Å². The number of nitrogens with zero attached hydrogens (tertiary/aromatic N) is 3. The molecule has 0 unspecified atom stereocenters. The maximum absolute atomic E-state index is 8.99. The molecule has 1 aromatic rings. The fourth-order valence-corrected chi connectivity index (χ4v) is 2.34. The lowest BCUT2D eigenvalue weighted by Gasteiger charge is -2.25. The highest BCUT2D eigenvalue weighted by molar-refractivity contribution is 6.01. The maximum atomic E-state index is 8.99. The highest BCUT2D eigenvalue weighted by Gasteiger charge is 2.20. The summed E-state index contributed by atoms with van der Waals surface area (Å²) in [6.45, 7) is 7.63. The fraction of sp³-hybridized carbons (Fsp3) is 0.643. The first kappa shape index (κ1) is 16.4. The number of hydrogen-bond acceptors (Lipinski definition) is 5. The van der Waals surface area contributed by atoms with E-state index in [-0.39, 0.29) is 12.4 Å². The summed E-state index contributed by atoms with van der Waals surface area (Å²) in [6.07, 6.45) is 2.21. The SMILES string of the molecule is CCc1nnc(N(CC)CCCO)c(C(=N)N)c1CC. The van der Waals surface area contributed by atoms with Crippen LogP contribution in [0.5, 0.6) is 0 Å². The van der Waals surface area contributed by atoms with Crippen molar-refractivity contribution in [2.45, 2.75) is 40.0 Å². The number of amidine groups is 1. The number of aliphatic hydroxyl groups is 1. The largest absolute Gasteiger partial charge is 0.396 e. The van der Waals surface area contributed by atoms with Crippen molar-refractivity contribution in [2.24, 2.45) is 5.73 Å². The fourth-order valence-electron chi connectivity index (χ4n) is 2.34. The van der Waals surface area contributed by atoms with E-state index in [9.17, 15) is 0 Å². The van der Waals surface area contributed by atoms with Crippen LogP contribution in [-0.2, 0) is 12.8 Å². The van der Waals surface area contributed by atoms with Crippen LogP contribution in [0.4, 0.5) is 5.82 Å². The van der Waals surface area contributed by atoms with Gasteiger partial charge in [0.2, 0.25) is 0 Å². The van der Waals surface area contributed by atoms with Crippen molar-refractivity contribution in [1.82, 2.24) is 10.2 Å². The molecule has 0 bridgehead atoms. The van der Waals surface area contributed by atoms with Crippen LogP contribution < -0.4 is 10.6 Å². The monoisotopic (exact) mass is 279 g/mol. The molecule has 0 saturated heterocycles. The van der Waals surface area contributed by atoms with E-state index in [2.05, 4.69) is 10.2 Å². The minimum Gasteiger partial charge on any atom is -0.396 e. The van der Waals surface area contributed by atoms with E-state index in [1.807, 2.05) is 25.7 Å². The van der Waals surface area contributed by atoms with Crippen molar-refractivity contribution in [1.29, 1.82) is 5.41 Å². The predicted molar refractivity (Wildman–Crippen MR) is 81.4 cm³/mol. The molecule has 1 aromatic heterocycles. The van der Waals surface area contributed by atoms with Gasteiger partial charge in [-0.05, 0) is 31.7 Å².